The standard InChI is InChI=1S/C43H81N2O8P/c1-6-8-10-11-12-13-14-15-16-17-21-24-28-34-42(48)41(38-53-54(50,51)52-37-36-45(3,4)5)44-43(49)35-29-33-40(47)32-27-23-20-18-19-22-26-31-39(46)30-25-9-7-2/h19-20,22-23,26-27,31-32,39-42,46-48H,6-18,21,24-25,28-30,33-38H2,1-5H3,(H-,44,49,50,51)/p+1/b22-19-,23-20-,31-26+,32-27+/t39-,40-,41+,42-/m1/s1. The number of allylic oxidation sites excluding steroid dienone is 6. The van der Waals surface area contributed by atoms with Crippen LogP contribution in [0.5, 0.6) is 0 Å². The van der Waals surface area contributed by atoms with Crippen molar-refractivity contribution in [3.05, 3.63) is 48.6 Å². The van der Waals surface area contributed by atoms with E-state index in [0.717, 1.165) is 51.4 Å². The number of phosphoric ester groups is 1. The zero-order chi connectivity index (χ0) is 40.3. The van der Waals surface area contributed by atoms with Gasteiger partial charge in [0.15, 0.2) is 0 Å². The molecule has 0 saturated carbocycles. The summed E-state index contributed by atoms with van der Waals surface area (Å²) in [6, 6.07) is -0.868. The van der Waals surface area contributed by atoms with E-state index in [4.69, 9.17) is 9.05 Å². The van der Waals surface area contributed by atoms with Crippen molar-refractivity contribution < 1.29 is 43.1 Å². The van der Waals surface area contributed by atoms with Gasteiger partial charge < -0.3 is 30.0 Å². The lowest BCUT2D eigenvalue weighted by atomic mass is 10.0. The minimum absolute atomic E-state index is 0.0299. The predicted molar refractivity (Wildman–Crippen MR) is 224 cm³/mol. The van der Waals surface area contributed by atoms with Gasteiger partial charge in [-0.05, 0) is 32.1 Å². The van der Waals surface area contributed by atoms with E-state index in [2.05, 4.69) is 19.2 Å². The van der Waals surface area contributed by atoms with Crippen molar-refractivity contribution in [3.63, 3.8) is 0 Å². The summed E-state index contributed by atoms with van der Waals surface area (Å²) in [6.45, 7) is 4.57. The molecule has 5 N–H and O–H groups in total. The van der Waals surface area contributed by atoms with Crippen molar-refractivity contribution in [1.82, 2.24) is 5.32 Å². The van der Waals surface area contributed by atoms with Crippen LogP contribution in [0.25, 0.3) is 0 Å². The van der Waals surface area contributed by atoms with Crippen LogP contribution >= 0.6 is 7.82 Å². The number of likely N-dealkylation sites (N-methyl/N-ethyl adjacent to an activating group) is 1. The van der Waals surface area contributed by atoms with Gasteiger partial charge in [0.2, 0.25) is 5.91 Å². The summed E-state index contributed by atoms with van der Waals surface area (Å²) in [5.74, 6) is -0.322. The minimum atomic E-state index is -4.38. The largest absolute Gasteiger partial charge is 0.472 e. The van der Waals surface area contributed by atoms with E-state index >= 15 is 0 Å². The molecule has 0 heterocycles. The number of carbonyl (C=O) groups excluding carboxylic acids is 1. The van der Waals surface area contributed by atoms with Gasteiger partial charge in [0.25, 0.3) is 0 Å². The van der Waals surface area contributed by atoms with Crippen LogP contribution in [0.3, 0.4) is 0 Å². The number of hydrogen-bond acceptors (Lipinski definition) is 7. The van der Waals surface area contributed by atoms with Crippen molar-refractivity contribution in [2.45, 2.75) is 179 Å². The zero-order valence-electron chi connectivity index (χ0n) is 34.9. The first kappa shape index (κ1) is 52.4. The number of rotatable bonds is 37. The Hall–Kier alpha value is -1.62. The maximum Gasteiger partial charge on any atom is 0.472 e. The fourth-order valence-corrected chi connectivity index (χ4v) is 6.52. The van der Waals surface area contributed by atoms with E-state index in [9.17, 15) is 29.6 Å². The van der Waals surface area contributed by atoms with Crippen LogP contribution < -0.4 is 5.32 Å². The quantitative estimate of drug-likeness (QED) is 0.0182. The lowest BCUT2D eigenvalue weighted by molar-refractivity contribution is -0.870. The van der Waals surface area contributed by atoms with Crippen molar-refractivity contribution in [3.8, 4) is 0 Å². The van der Waals surface area contributed by atoms with Crippen LogP contribution in [0.2, 0.25) is 0 Å². The summed E-state index contributed by atoms with van der Waals surface area (Å²) in [4.78, 5) is 23.1. The third kappa shape index (κ3) is 36.0. The SMILES string of the molecule is CCCCCCCCCCCCCCC[C@@H](O)[C@H](COP(=O)(O)OCC[N+](C)(C)C)NC(=O)CCC[C@H](O)/C=C/C=C\C/C=C\C=C\[C@H](O)CCCCC. The number of amides is 1. The van der Waals surface area contributed by atoms with Crippen LogP contribution in [-0.2, 0) is 18.4 Å². The Balaban J connectivity index is 4.68. The number of phosphoric acid groups is 1. The molecule has 0 aromatic rings. The van der Waals surface area contributed by atoms with Gasteiger partial charge in [-0.25, -0.2) is 4.57 Å². The maximum absolute atomic E-state index is 12.9. The third-order valence-electron chi connectivity index (χ3n) is 9.29. The molecule has 0 aliphatic carbocycles. The van der Waals surface area contributed by atoms with E-state index < -0.39 is 32.2 Å². The highest BCUT2D eigenvalue weighted by molar-refractivity contribution is 7.47. The summed E-state index contributed by atoms with van der Waals surface area (Å²) in [5, 5.41) is 34.1. The molecule has 54 heavy (non-hydrogen) atoms. The molecule has 10 nitrogen and oxygen atoms in total. The first-order valence-corrected chi connectivity index (χ1v) is 22.7. The van der Waals surface area contributed by atoms with Gasteiger partial charge in [-0.2, -0.15) is 0 Å². The molecule has 0 aliphatic rings. The first-order chi connectivity index (χ1) is 25.8. The highest BCUT2D eigenvalue weighted by Crippen LogP contribution is 2.43. The smallest absolute Gasteiger partial charge is 0.391 e. The molecule has 1 unspecified atom stereocenters. The topological polar surface area (TPSA) is 146 Å². The Labute approximate surface area is 330 Å². The predicted octanol–water partition coefficient (Wildman–Crippen LogP) is 9.24. The Morgan fingerprint density at radius 3 is 1.65 bits per heavy atom. The lowest BCUT2D eigenvalue weighted by Gasteiger charge is -2.26. The van der Waals surface area contributed by atoms with E-state index in [1.165, 1.54) is 64.2 Å². The molecular formula is C43H82N2O8P+. The number of aliphatic hydroxyl groups is 3. The van der Waals surface area contributed by atoms with Crippen LogP contribution in [0, 0.1) is 0 Å². The highest BCUT2D eigenvalue weighted by atomic mass is 31.2. The zero-order valence-corrected chi connectivity index (χ0v) is 35.8. The lowest BCUT2D eigenvalue weighted by Crippen LogP contribution is -2.46. The van der Waals surface area contributed by atoms with Gasteiger partial charge in [0, 0.05) is 6.42 Å². The second kappa shape index (κ2) is 34.6. The molecule has 0 radical (unpaired) electrons. The summed E-state index contributed by atoms with van der Waals surface area (Å²) < 4.78 is 23.5. The normalized spacial score (nSPS) is 16.1. The number of nitrogens with zero attached hydrogens (tertiary/aromatic N) is 1. The molecule has 11 heteroatoms. The maximum atomic E-state index is 12.9. The van der Waals surface area contributed by atoms with Gasteiger partial charge >= 0.3 is 7.82 Å². The molecule has 0 fully saturated rings. The van der Waals surface area contributed by atoms with Crippen LogP contribution in [-0.4, -0.2) is 95.9 Å². The molecule has 1 amide bonds. The number of unbranched alkanes of at least 4 members (excludes halogenated alkanes) is 14. The second-order valence-corrected chi connectivity index (χ2v) is 17.2. The highest BCUT2D eigenvalue weighted by Gasteiger charge is 2.28. The Morgan fingerprint density at radius 2 is 1.13 bits per heavy atom. The van der Waals surface area contributed by atoms with Crippen LogP contribution in [0.4, 0.5) is 0 Å². The van der Waals surface area contributed by atoms with Crippen molar-refractivity contribution in [2.75, 3.05) is 40.9 Å². The minimum Gasteiger partial charge on any atom is -0.391 e. The fraction of sp³-hybridized carbons (Fsp3) is 0.791. The molecule has 316 valence electrons. The molecule has 0 bridgehead atoms. The number of hydrogen-bond donors (Lipinski definition) is 5. The second-order valence-electron chi connectivity index (χ2n) is 15.8. The number of quaternary nitrogens is 1. The third-order valence-corrected chi connectivity index (χ3v) is 10.3. The van der Waals surface area contributed by atoms with Crippen molar-refractivity contribution in [2.24, 2.45) is 0 Å². The number of carbonyl (C=O) groups is 1. The van der Waals surface area contributed by atoms with E-state index in [0.29, 0.717) is 30.3 Å². The molecule has 5 atom stereocenters. The van der Waals surface area contributed by atoms with Gasteiger partial charge in [-0.3, -0.25) is 13.8 Å². The Kier molecular flexibility index (Phi) is 33.6. The van der Waals surface area contributed by atoms with Crippen LogP contribution in [0.1, 0.15) is 155 Å². The fourth-order valence-electron chi connectivity index (χ4n) is 5.79. The van der Waals surface area contributed by atoms with E-state index in [1.807, 2.05) is 51.5 Å². The molecule has 0 saturated heterocycles. The Morgan fingerprint density at radius 1 is 0.667 bits per heavy atom. The van der Waals surface area contributed by atoms with Crippen molar-refractivity contribution in [1.29, 1.82) is 0 Å². The molecular weight excluding hydrogens is 703 g/mol. The van der Waals surface area contributed by atoms with Gasteiger partial charge in [-0.15, -0.1) is 0 Å². The van der Waals surface area contributed by atoms with Gasteiger partial charge in [-0.1, -0.05) is 165 Å². The first-order valence-electron chi connectivity index (χ1n) is 21.2. The van der Waals surface area contributed by atoms with Gasteiger partial charge in [0.1, 0.15) is 13.2 Å². The average Bonchev–Trinajstić information content (AvgIpc) is 3.10. The molecule has 0 rings (SSSR count). The molecule has 0 aliphatic heterocycles. The van der Waals surface area contributed by atoms with E-state index in [-0.39, 0.29) is 25.5 Å². The molecule has 0 spiro atoms. The number of nitrogens with one attached hydrogen (secondary N) is 1. The summed E-state index contributed by atoms with van der Waals surface area (Å²) in [6.07, 6.45) is 34.8. The summed E-state index contributed by atoms with van der Waals surface area (Å²) in [5.41, 5.74) is 0. The number of aliphatic hydroxyl groups excluding tert-OH is 3. The van der Waals surface area contributed by atoms with Crippen molar-refractivity contribution >= 4 is 13.7 Å². The molecule has 0 aromatic carbocycles. The summed E-state index contributed by atoms with van der Waals surface area (Å²) >= 11 is 0. The van der Waals surface area contributed by atoms with Gasteiger partial charge in [0.05, 0.1) is 52.1 Å². The van der Waals surface area contributed by atoms with Crippen LogP contribution in [0.15, 0.2) is 48.6 Å². The molecule has 0 aromatic heterocycles. The average molecular weight is 786 g/mol. The summed E-state index contributed by atoms with van der Waals surface area (Å²) in [7, 11) is 1.46. The monoisotopic (exact) mass is 786 g/mol. The van der Waals surface area contributed by atoms with E-state index in [1.54, 1.807) is 18.2 Å². The Bertz CT molecular complexity index is 1060.